The van der Waals surface area contributed by atoms with Crippen molar-refractivity contribution in [3.05, 3.63) is 94.6 Å². The molecule has 2 atom stereocenters. The largest absolute Gasteiger partial charge is 0.507 e. The summed E-state index contributed by atoms with van der Waals surface area (Å²) in [4.78, 5) is 28.0. The average molecular weight is 486 g/mol. The summed E-state index contributed by atoms with van der Waals surface area (Å²) in [6, 6.07) is 18.8. The summed E-state index contributed by atoms with van der Waals surface area (Å²) < 4.78 is 11.0. The van der Waals surface area contributed by atoms with E-state index in [1.165, 1.54) is 18.1 Å². The molecule has 2 N–H and O–H groups in total. The van der Waals surface area contributed by atoms with Gasteiger partial charge in [0, 0.05) is 18.5 Å². The Bertz CT molecular complexity index is 1360. The van der Waals surface area contributed by atoms with E-state index in [0.29, 0.717) is 24.0 Å². The topological polar surface area (TPSA) is 96.3 Å². The third kappa shape index (κ3) is 4.17. The molecule has 2 aliphatic heterocycles. The van der Waals surface area contributed by atoms with Crippen LogP contribution in [0.1, 0.15) is 35.2 Å². The molecule has 5 rings (SSSR count). The highest BCUT2D eigenvalue weighted by atomic mass is 16.5. The van der Waals surface area contributed by atoms with Gasteiger partial charge in [-0.05, 0) is 60.4 Å². The first-order valence-electron chi connectivity index (χ1n) is 11.9. The summed E-state index contributed by atoms with van der Waals surface area (Å²) in [5.74, 6) is -0.762. The van der Waals surface area contributed by atoms with Crippen LogP contribution in [0.3, 0.4) is 0 Å². The number of phenols is 1. The third-order valence-electron chi connectivity index (χ3n) is 6.71. The standard InChI is InChI=1S/C29H27NO6/c1-17-14-21-15-20(9-11-23(21)36-17)27(32)25-26(19-8-10-22(31)24(16-19)35-2)30(29(34)28(25)33)13-12-18-6-4-3-5-7-18/h3-11,15-17,26,31-32H,12-14H2,1-2H3/b27-25+/t17-,26-/m0/s1. The minimum atomic E-state index is -0.841. The number of rotatable bonds is 6. The highest BCUT2D eigenvalue weighted by Crippen LogP contribution is 2.42. The van der Waals surface area contributed by atoms with Crippen molar-refractivity contribution in [2.24, 2.45) is 0 Å². The number of ketones is 1. The summed E-state index contributed by atoms with van der Waals surface area (Å²) in [6.07, 6.45) is 1.26. The number of hydrogen-bond acceptors (Lipinski definition) is 6. The van der Waals surface area contributed by atoms with E-state index in [-0.39, 0.29) is 35.5 Å². The molecule has 36 heavy (non-hydrogen) atoms. The first-order valence-corrected chi connectivity index (χ1v) is 11.9. The number of aliphatic hydroxyl groups is 1. The maximum Gasteiger partial charge on any atom is 0.295 e. The van der Waals surface area contributed by atoms with Crippen molar-refractivity contribution >= 4 is 17.4 Å². The van der Waals surface area contributed by atoms with Gasteiger partial charge in [-0.1, -0.05) is 36.4 Å². The quantitative estimate of drug-likeness (QED) is 0.305. The van der Waals surface area contributed by atoms with Gasteiger partial charge in [0.15, 0.2) is 11.5 Å². The molecule has 0 bridgehead atoms. The molecule has 0 saturated carbocycles. The molecule has 0 spiro atoms. The number of Topliss-reactive ketones (excluding diaryl/α,β-unsaturated/α-hetero) is 1. The molecule has 7 nitrogen and oxygen atoms in total. The monoisotopic (exact) mass is 485 g/mol. The van der Waals surface area contributed by atoms with Crippen molar-refractivity contribution in [2.45, 2.75) is 31.9 Å². The highest BCUT2D eigenvalue weighted by molar-refractivity contribution is 6.46. The minimum Gasteiger partial charge on any atom is -0.507 e. The van der Waals surface area contributed by atoms with Crippen LogP contribution in [0.2, 0.25) is 0 Å². The number of aromatic hydroxyl groups is 1. The molecule has 0 unspecified atom stereocenters. The van der Waals surface area contributed by atoms with Crippen LogP contribution in [-0.2, 0) is 22.4 Å². The molecule has 3 aromatic carbocycles. The van der Waals surface area contributed by atoms with E-state index in [1.807, 2.05) is 37.3 Å². The SMILES string of the molecule is COc1cc([C@H]2/C(=C(\O)c3ccc4c(c3)C[C@H](C)O4)C(=O)C(=O)N2CCc2ccccc2)ccc1O. The Kier molecular flexibility index (Phi) is 6.14. The van der Waals surface area contributed by atoms with Gasteiger partial charge < -0.3 is 24.6 Å². The molecule has 0 radical (unpaired) electrons. The molecule has 0 aromatic heterocycles. The molecule has 1 saturated heterocycles. The lowest BCUT2D eigenvalue weighted by Gasteiger charge is -2.26. The third-order valence-corrected chi connectivity index (χ3v) is 6.71. The van der Waals surface area contributed by atoms with Crippen molar-refractivity contribution in [1.29, 1.82) is 0 Å². The van der Waals surface area contributed by atoms with E-state index in [4.69, 9.17) is 9.47 Å². The fourth-order valence-corrected chi connectivity index (χ4v) is 4.94. The van der Waals surface area contributed by atoms with E-state index >= 15 is 0 Å². The van der Waals surface area contributed by atoms with Crippen LogP contribution in [0.4, 0.5) is 0 Å². The van der Waals surface area contributed by atoms with E-state index < -0.39 is 17.7 Å². The number of likely N-dealkylation sites (tertiary alicyclic amines) is 1. The lowest BCUT2D eigenvalue weighted by molar-refractivity contribution is -0.139. The van der Waals surface area contributed by atoms with Crippen molar-refractivity contribution < 1.29 is 29.3 Å². The van der Waals surface area contributed by atoms with E-state index in [0.717, 1.165) is 16.9 Å². The number of carbonyl (C=O) groups is 2. The molecular weight excluding hydrogens is 458 g/mol. The predicted octanol–water partition coefficient (Wildman–Crippen LogP) is 4.39. The van der Waals surface area contributed by atoms with Crippen LogP contribution in [0.25, 0.3) is 5.76 Å². The van der Waals surface area contributed by atoms with E-state index in [2.05, 4.69) is 0 Å². The summed E-state index contributed by atoms with van der Waals surface area (Å²) in [5.41, 5.74) is 2.97. The Morgan fingerprint density at radius 3 is 2.61 bits per heavy atom. The van der Waals surface area contributed by atoms with Crippen LogP contribution < -0.4 is 9.47 Å². The summed E-state index contributed by atoms with van der Waals surface area (Å²) in [6.45, 7) is 2.24. The first-order chi connectivity index (χ1) is 17.4. The first kappa shape index (κ1) is 23.5. The lowest BCUT2D eigenvalue weighted by atomic mass is 9.94. The van der Waals surface area contributed by atoms with Crippen LogP contribution in [0, 0.1) is 0 Å². The number of nitrogens with zero attached hydrogens (tertiary/aromatic N) is 1. The van der Waals surface area contributed by atoms with Crippen molar-refractivity contribution in [2.75, 3.05) is 13.7 Å². The van der Waals surface area contributed by atoms with Crippen molar-refractivity contribution in [3.63, 3.8) is 0 Å². The number of aliphatic hydroxyl groups excluding tert-OH is 1. The van der Waals surface area contributed by atoms with Gasteiger partial charge in [0.2, 0.25) is 0 Å². The van der Waals surface area contributed by atoms with Crippen LogP contribution in [0.15, 0.2) is 72.3 Å². The van der Waals surface area contributed by atoms with Gasteiger partial charge in [-0.3, -0.25) is 9.59 Å². The number of carbonyl (C=O) groups excluding carboxylic acids is 2. The number of phenolic OH excluding ortho intramolecular Hbond substituents is 1. The van der Waals surface area contributed by atoms with Crippen molar-refractivity contribution in [3.8, 4) is 17.2 Å². The average Bonchev–Trinajstić information content (AvgIpc) is 3.38. The molecule has 184 valence electrons. The number of amides is 1. The number of fused-ring (bicyclic) bond motifs is 1. The summed E-state index contributed by atoms with van der Waals surface area (Å²) in [5, 5.41) is 21.5. The molecule has 3 aromatic rings. The zero-order valence-corrected chi connectivity index (χ0v) is 20.1. The van der Waals surface area contributed by atoms with E-state index in [1.54, 1.807) is 30.3 Å². The minimum absolute atomic E-state index is 0.00715. The van der Waals surface area contributed by atoms with Gasteiger partial charge in [-0.25, -0.2) is 0 Å². The Hall–Kier alpha value is -4.26. The van der Waals surface area contributed by atoms with Gasteiger partial charge in [-0.15, -0.1) is 0 Å². The maximum atomic E-state index is 13.3. The molecule has 2 heterocycles. The number of methoxy groups -OCH3 is 1. The van der Waals surface area contributed by atoms with E-state index in [9.17, 15) is 19.8 Å². The zero-order valence-electron chi connectivity index (χ0n) is 20.1. The fraction of sp³-hybridized carbons (Fsp3) is 0.241. The maximum absolute atomic E-state index is 13.3. The van der Waals surface area contributed by atoms with Crippen LogP contribution in [0.5, 0.6) is 17.2 Å². The molecule has 0 aliphatic carbocycles. The second-order valence-electron chi connectivity index (χ2n) is 9.11. The van der Waals surface area contributed by atoms with Gasteiger partial charge in [0.1, 0.15) is 17.6 Å². The molecule has 2 aliphatic rings. The molecule has 1 amide bonds. The Labute approximate surface area is 209 Å². The van der Waals surface area contributed by atoms with Crippen LogP contribution in [-0.4, -0.2) is 46.6 Å². The second-order valence-corrected chi connectivity index (χ2v) is 9.11. The van der Waals surface area contributed by atoms with Crippen LogP contribution >= 0.6 is 0 Å². The highest BCUT2D eigenvalue weighted by Gasteiger charge is 2.46. The normalized spacial score (nSPS) is 20.3. The number of benzene rings is 3. The molecular formula is C29H27NO6. The van der Waals surface area contributed by atoms with Gasteiger partial charge >= 0.3 is 0 Å². The second kappa shape index (κ2) is 9.41. The Morgan fingerprint density at radius 2 is 1.86 bits per heavy atom. The number of hydrogen-bond donors (Lipinski definition) is 2. The number of ether oxygens (including phenoxy) is 2. The predicted molar refractivity (Wildman–Crippen MR) is 134 cm³/mol. The Morgan fingerprint density at radius 1 is 1.08 bits per heavy atom. The molecule has 7 heteroatoms. The van der Waals surface area contributed by atoms with Gasteiger partial charge in [0.25, 0.3) is 11.7 Å². The van der Waals surface area contributed by atoms with Gasteiger partial charge in [-0.2, -0.15) is 0 Å². The smallest absolute Gasteiger partial charge is 0.295 e. The lowest BCUT2D eigenvalue weighted by Crippen LogP contribution is -2.31. The summed E-state index contributed by atoms with van der Waals surface area (Å²) >= 11 is 0. The fourth-order valence-electron chi connectivity index (χ4n) is 4.94. The molecule has 1 fully saturated rings. The summed E-state index contributed by atoms with van der Waals surface area (Å²) in [7, 11) is 1.43. The van der Waals surface area contributed by atoms with Crippen molar-refractivity contribution in [1.82, 2.24) is 4.90 Å². The zero-order chi connectivity index (χ0) is 25.4. The van der Waals surface area contributed by atoms with Gasteiger partial charge in [0.05, 0.1) is 18.7 Å². The Balaban J connectivity index is 1.60.